The van der Waals surface area contributed by atoms with Crippen molar-refractivity contribution in [3.63, 3.8) is 0 Å². The van der Waals surface area contributed by atoms with Crippen molar-refractivity contribution in [3.8, 4) is 0 Å². The Morgan fingerprint density at radius 2 is 1.24 bits per heavy atom. The summed E-state index contributed by atoms with van der Waals surface area (Å²) >= 11 is 0. The Labute approximate surface area is 421 Å². The van der Waals surface area contributed by atoms with Crippen molar-refractivity contribution < 1.29 is 71.4 Å². The predicted molar refractivity (Wildman–Crippen MR) is 272 cm³/mol. The maximum Gasteiger partial charge on any atom is 0.481 e. The van der Waals surface area contributed by atoms with Gasteiger partial charge in [0, 0.05) is 25.6 Å². The quantitative estimate of drug-likeness (QED) is 0.0154. The number of nitrogens with two attached hydrogens (primary N) is 1. The van der Waals surface area contributed by atoms with Crippen LogP contribution in [0.2, 0.25) is 0 Å². The van der Waals surface area contributed by atoms with Crippen molar-refractivity contribution >= 4 is 33.4 Å². The lowest BCUT2D eigenvalue weighted by molar-refractivity contribution is -0.161. The second-order valence-electron chi connectivity index (χ2n) is 18.2. The monoisotopic (exact) mass is 1050 g/mol. The zero-order valence-electron chi connectivity index (χ0n) is 42.1. The van der Waals surface area contributed by atoms with E-state index in [1.165, 1.54) is 57.4 Å². The molecule has 7 N–H and O–H groups in total. The number of phosphoric acid groups is 2. The Kier molecular flexibility index (Phi) is 34.4. The minimum absolute atomic E-state index is 0.0357. The number of carbonyl (C=O) groups is 2. The van der Waals surface area contributed by atoms with E-state index in [1.54, 1.807) is 0 Å². The normalized spacial score (nSPS) is 19.6. The third-order valence-corrected chi connectivity index (χ3v) is 14.0. The molecule has 0 amide bonds. The number of esters is 2. The molecule has 0 spiro atoms. The average Bonchev–Trinajstić information content (AvgIpc) is 3.59. The number of anilines is 1. The van der Waals surface area contributed by atoms with E-state index in [9.17, 15) is 43.5 Å². The summed E-state index contributed by atoms with van der Waals surface area (Å²) in [5.74, 6) is -0.605. The number of rotatable bonds is 42. The van der Waals surface area contributed by atoms with Crippen molar-refractivity contribution in [2.45, 2.75) is 199 Å². The van der Waals surface area contributed by atoms with Gasteiger partial charge < -0.3 is 45.1 Å². The molecule has 1 aromatic rings. The van der Waals surface area contributed by atoms with Crippen LogP contribution in [0.3, 0.4) is 0 Å². The number of aliphatic hydroxyl groups excluding tert-OH is 3. The van der Waals surface area contributed by atoms with Crippen LogP contribution in [0.5, 0.6) is 0 Å². The highest BCUT2D eigenvalue weighted by Crippen LogP contribution is 2.60. The van der Waals surface area contributed by atoms with Crippen LogP contribution in [-0.2, 0) is 46.3 Å². The van der Waals surface area contributed by atoms with Gasteiger partial charge in [-0.15, -0.1) is 0 Å². The van der Waals surface area contributed by atoms with E-state index in [-0.39, 0.29) is 25.3 Å². The maximum atomic E-state index is 12.8. The van der Waals surface area contributed by atoms with Crippen LogP contribution in [0.1, 0.15) is 174 Å². The number of nitrogens with zero attached hydrogens (tertiary/aromatic N) is 2. The standard InChI is InChI=1S/C50H85N3O16P2/c1-41(2)32-28-24-20-16-12-9-10-13-17-21-25-29-33-45(55)64-38-42(67-46(56)34-30-26-22-18-14-8-6-4-3-5-7-11-15-19-23-27-31-37-54)39-65-70(60,61)69-71(62,63)66-40-43-47(57)48(58)49(68-43)53-36-35-44(51)52-50(53)59/h3,5-6,8,11,15,18,22,35-36,41-43,47-49,54,57-58H,4,7,9-10,12-14,16-17,19-21,23-34,37-40H2,1-2H3,(H,60,61)(H,62,63)(H2,51,52,59)/b5-3-,8-6-,15-11-,22-18-/t42-,43-,47-,48-,49-/m1/s1. The van der Waals surface area contributed by atoms with Gasteiger partial charge in [-0.2, -0.15) is 9.29 Å². The minimum Gasteiger partial charge on any atom is -0.462 e. The Morgan fingerprint density at radius 1 is 0.718 bits per heavy atom. The lowest BCUT2D eigenvalue weighted by atomic mass is 10.0. The number of unbranched alkanes of at least 4 members (excludes halogenated alkanes) is 15. The van der Waals surface area contributed by atoms with Gasteiger partial charge in [0.2, 0.25) is 0 Å². The lowest BCUT2D eigenvalue weighted by Gasteiger charge is -2.21. The van der Waals surface area contributed by atoms with Crippen LogP contribution < -0.4 is 11.4 Å². The molecule has 1 aliphatic rings. The first-order chi connectivity index (χ1) is 34.0. The number of aromatic nitrogens is 2. The number of nitrogen functional groups attached to an aromatic ring is 1. The number of aliphatic hydroxyl groups is 3. The van der Waals surface area contributed by atoms with Gasteiger partial charge in [0.15, 0.2) is 12.3 Å². The van der Waals surface area contributed by atoms with Gasteiger partial charge in [0.05, 0.1) is 13.2 Å². The molecule has 1 aliphatic heterocycles. The zero-order chi connectivity index (χ0) is 52.2. The van der Waals surface area contributed by atoms with E-state index in [4.69, 9.17) is 34.1 Å². The summed E-state index contributed by atoms with van der Waals surface area (Å²) in [6.45, 7) is 2.41. The molecule has 2 heterocycles. The van der Waals surface area contributed by atoms with Crippen LogP contribution >= 0.6 is 15.6 Å². The van der Waals surface area contributed by atoms with Gasteiger partial charge in [-0.3, -0.25) is 23.2 Å². The fourth-order valence-corrected chi connectivity index (χ4v) is 9.52. The first-order valence-electron chi connectivity index (χ1n) is 25.6. The topological polar surface area (TPSA) is 286 Å². The van der Waals surface area contributed by atoms with E-state index >= 15 is 0 Å². The van der Waals surface area contributed by atoms with Crippen molar-refractivity contribution in [2.75, 3.05) is 32.2 Å². The molecule has 7 atom stereocenters. The van der Waals surface area contributed by atoms with Crippen LogP contribution in [0.15, 0.2) is 65.7 Å². The van der Waals surface area contributed by atoms with Crippen LogP contribution in [0.4, 0.5) is 5.82 Å². The second kappa shape index (κ2) is 38.3. The highest BCUT2D eigenvalue weighted by atomic mass is 31.3. The number of phosphoric ester groups is 2. The molecule has 2 rings (SSSR count). The van der Waals surface area contributed by atoms with Crippen LogP contribution in [-0.4, -0.2) is 97.4 Å². The number of allylic oxidation sites excluding steroid dienone is 8. The molecule has 2 unspecified atom stereocenters. The van der Waals surface area contributed by atoms with Crippen molar-refractivity contribution in [3.05, 3.63) is 71.4 Å². The molecular weight excluding hydrogens is 961 g/mol. The molecule has 0 aliphatic carbocycles. The van der Waals surface area contributed by atoms with Crippen LogP contribution in [0, 0.1) is 5.92 Å². The van der Waals surface area contributed by atoms with Crippen molar-refractivity contribution in [1.29, 1.82) is 0 Å². The molecule has 19 nitrogen and oxygen atoms in total. The van der Waals surface area contributed by atoms with Gasteiger partial charge in [-0.25, -0.2) is 13.9 Å². The van der Waals surface area contributed by atoms with Crippen molar-refractivity contribution in [2.24, 2.45) is 5.92 Å². The highest BCUT2D eigenvalue weighted by molar-refractivity contribution is 7.61. The molecule has 0 bridgehead atoms. The summed E-state index contributed by atoms with van der Waals surface area (Å²) in [4.78, 5) is 61.9. The van der Waals surface area contributed by atoms with Gasteiger partial charge >= 0.3 is 33.3 Å². The second-order valence-corrected chi connectivity index (χ2v) is 21.3. The number of carbonyl (C=O) groups excluding carboxylic acids is 2. The molecule has 21 heteroatoms. The van der Waals surface area contributed by atoms with Gasteiger partial charge in [0.1, 0.15) is 30.7 Å². The predicted octanol–water partition coefficient (Wildman–Crippen LogP) is 9.39. The summed E-state index contributed by atoms with van der Waals surface area (Å²) in [6, 6.07) is 1.24. The smallest absolute Gasteiger partial charge is 0.462 e. The van der Waals surface area contributed by atoms with Gasteiger partial charge in [0.25, 0.3) is 0 Å². The maximum absolute atomic E-state index is 12.8. The Balaban J connectivity index is 1.82. The summed E-state index contributed by atoms with van der Waals surface area (Å²) in [6.07, 6.45) is 32.2. The van der Waals surface area contributed by atoms with Crippen LogP contribution in [0.25, 0.3) is 0 Å². The molecule has 1 aromatic heterocycles. The number of hydrogen-bond acceptors (Lipinski definition) is 16. The third-order valence-electron chi connectivity index (χ3n) is 11.4. The SMILES string of the molecule is CC(C)CCCCCCCCCCCCCCC(=O)OC[C@H](COP(=O)(O)OP(=O)(O)OC[C@H]1O[C@@H](n2ccc(N)nc2=O)[C@H](O)[C@@H]1O)OC(=O)CCC/C=C\C/C=C\C/C=C\C/C=C\CCCCCO. The lowest BCUT2D eigenvalue weighted by Crippen LogP contribution is -2.36. The van der Waals surface area contributed by atoms with E-state index in [0.717, 1.165) is 87.3 Å². The fraction of sp³-hybridized carbons (Fsp3) is 0.720. The molecule has 71 heavy (non-hydrogen) atoms. The van der Waals surface area contributed by atoms with Gasteiger partial charge in [-0.1, -0.05) is 146 Å². The van der Waals surface area contributed by atoms with Crippen molar-refractivity contribution in [1.82, 2.24) is 9.55 Å². The van der Waals surface area contributed by atoms with Gasteiger partial charge in [-0.05, 0) is 69.8 Å². The molecule has 1 saturated heterocycles. The number of hydrogen-bond donors (Lipinski definition) is 6. The summed E-state index contributed by atoms with van der Waals surface area (Å²) in [5.41, 5.74) is 4.58. The molecule has 0 saturated carbocycles. The Hall–Kier alpha value is -3.32. The van der Waals surface area contributed by atoms with E-state index in [0.29, 0.717) is 19.3 Å². The summed E-state index contributed by atoms with van der Waals surface area (Å²) in [5, 5.41) is 29.7. The fourth-order valence-electron chi connectivity index (χ4n) is 7.41. The molecule has 0 radical (unpaired) electrons. The summed E-state index contributed by atoms with van der Waals surface area (Å²) in [7, 11) is -10.9. The highest BCUT2D eigenvalue weighted by Gasteiger charge is 2.46. The molecule has 0 aromatic carbocycles. The number of ether oxygens (including phenoxy) is 3. The largest absolute Gasteiger partial charge is 0.481 e. The molecular formula is C50H85N3O16P2. The van der Waals surface area contributed by atoms with E-state index in [1.807, 2.05) is 18.2 Å². The third kappa shape index (κ3) is 31.8. The van der Waals surface area contributed by atoms with E-state index in [2.05, 4.69) is 53.5 Å². The minimum atomic E-state index is -5.44. The average molecular weight is 1050 g/mol. The zero-order valence-corrected chi connectivity index (χ0v) is 43.9. The Bertz CT molecular complexity index is 1890. The Morgan fingerprint density at radius 3 is 1.82 bits per heavy atom. The first kappa shape index (κ1) is 63.8. The summed E-state index contributed by atoms with van der Waals surface area (Å²) < 4.78 is 56.7. The molecule has 1 fully saturated rings. The first-order valence-corrected chi connectivity index (χ1v) is 28.6. The molecule has 406 valence electrons. The van der Waals surface area contributed by atoms with E-state index < -0.39 is 83.7 Å².